The fraction of sp³-hybridized carbons (Fsp3) is 0.818. The summed E-state index contributed by atoms with van der Waals surface area (Å²) in [6.45, 7) is 10.3. The zero-order valence-corrected chi connectivity index (χ0v) is 8.75. The highest BCUT2D eigenvalue weighted by molar-refractivity contribution is 5.06. The van der Waals surface area contributed by atoms with Crippen molar-refractivity contribution in [3.63, 3.8) is 0 Å². The molecule has 12 heavy (non-hydrogen) atoms. The van der Waals surface area contributed by atoms with Gasteiger partial charge in [-0.25, -0.2) is 0 Å². The molecule has 0 aromatic heterocycles. The van der Waals surface area contributed by atoms with E-state index in [0.717, 1.165) is 12.5 Å². The Hall–Kier alpha value is -0.300. The van der Waals surface area contributed by atoms with Crippen LogP contribution < -0.4 is 0 Å². The van der Waals surface area contributed by atoms with E-state index in [2.05, 4.69) is 44.7 Å². The van der Waals surface area contributed by atoms with Crippen LogP contribution >= 0.6 is 0 Å². The molecular formula is C11H21N. The number of nitrogens with zero attached hydrogens (tertiary/aromatic N) is 1. The summed E-state index contributed by atoms with van der Waals surface area (Å²) in [5.74, 6) is 0.797. The molecule has 0 spiro atoms. The third-order valence-corrected chi connectivity index (χ3v) is 2.92. The van der Waals surface area contributed by atoms with Gasteiger partial charge in [0.2, 0.25) is 0 Å². The van der Waals surface area contributed by atoms with E-state index in [4.69, 9.17) is 0 Å². The summed E-state index contributed by atoms with van der Waals surface area (Å²) in [6, 6.07) is 1.37. The second-order valence-electron chi connectivity index (χ2n) is 4.09. The van der Waals surface area contributed by atoms with Gasteiger partial charge in [-0.05, 0) is 19.8 Å². The highest BCUT2D eigenvalue weighted by Crippen LogP contribution is 2.22. The first-order valence-corrected chi connectivity index (χ1v) is 5.09. The topological polar surface area (TPSA) is 3.24 Å². The fourth-order valence-electron chi connectivity index (χ4n) is 1.87. The maximum absolute atomic E-state index is 2.56. The summed E-state index contributed by atoms with van der Waals surface area (Å²) >= 11 is 0. The van der Waals surface area contributed by atoms with Gasteiger partial charge in [-0.2, -0.15) is 0 Å². The second-order valence-corrected chi connectivity index (χ2v) is 4.09. The average Bonchev–Trinajstić information content (AvgIpc) is 2.50. The number of hydrogen-bond donors (Lipinski definition) is 0. The molecule has 1 heterocycles. The Balaban J connectivity index is 2.56. The van der Waals surface area contributed by atoms with Crippen molar-refractivity contribution >= 4 is 0 Å². The van der Waals surface area contributed by atoms with Crippen LogP contribution in [0.3, 0.4) is 0 Å². The molecule has 2 atom stereocenters. The van der Waals surface area contributed by atoms with Crippen molar-refractivity contribution in [1.82, 2.24) is 4.90 Å². The molecule has 0 radical (unpaired) electrons. The van der Waals surface area contributed by atoms with Crippen molar-refractivity contribution < 1.29 is 0 Å². The van der Waals surface area contributed by atoms with Crippen LogP contribution in [-0.2, 0) is 0 Å². The standard InChI is InChI=1S/C11H21N/c1-5-10(4)11-7-6-8-12(11)9(2)3/h6-7,9-11H,5,8H2,1-4H3/t10?,11-/m0/s1. The Morgan fingerprint density at radius 3 is 2.58 bits per heavy atom. The van der Waals surface area contributed by atoms with Crippen molar-refractivity contribution in [2.75, 3.05) is 6.54 Å². The van der Waals surface area contributed by atoms with Crippen LogP contribution in [0.15, 0.2) is 12.2 Å². The van der Waals surface area contributed by atoms with Crippen LogP contribution in [0.1, 0.15) is 34.1 Å². The summed E-state index contributed by atoms with van der Waals surface area (Å²) < 4.78 is 0. The highest BCUT2D eigenvalue weighted by Gasteiger charge is 2.25. The molecular weight excluding hydrogens is 146 g/mol. The minimum atomic E-state index is 0.680. The second kappa shape index (κ2) is 4.08. The van der Waals surface area contributed by atoms with Crippen molar-refractivity contribution in [3.8, 4) is 0 Å². The summed E-state index contributed by atoms with van der Waals surface area (Å²) in [5.41, 5.74) is 0. The van der Waals surface area contributed by atoms with Crippen LogP contribution in [-0.4, -0.2) is 23.5 Å². The van der Waals surface area contributed by atoms with Crippen molar-refractivity contribution in [2.45, 2.75) is 46.2 Å². The van der Waals surface area contributed by atoms with Crippen LogP contribution in [0.25, 0.3) is 0 Å². The molecule has 1 aliphatic rings. The van der Waals surface area contributed by atoms with Gasteiger partial charge in [0.15, 0.2) is 0 Å². The summed E-state index contributed by atoms with van der Waals surface area (Å²) in [4.78, 5) is 2.56. The zero-order chi connectivity index (χ0) is 9.14. The van der Waals surface area contributed by atoms with Gasteiger partial charge in [-0.3, -0.25) is 4.90 Å². The largest absolute Gasteiger partial charge is 0.291 e. The van der Waals surface area contributed by atoms with Crippen molar-refractivity contribution in [2.24, 2.45) is 5.92 Å². The van der Waals surface area contributed by atoms with Gasteiger partial charge >= 0.3 is 0 Å². The highest BCUT2D eigenvalue weighted by atomic mass is 15.2. The molecule has 1 nitrogen and oxygen atoms in total. The minimum absolute atomic E-state index is 0.680. The Bertz CT molecular complexity index is 160. The first-order valence-electron chi connectivity index (χ1n) is 5.09. The molecule has 0 saturated carbocycles. The van der Waals surface area contributed by atoms with Gasteiger partial charge in [0.25, 0.3) is 0 Å². The van der Waals surface area contributed by atoms with Gasteiger partial charge in [-0.15, -0.1) is 0 Å². The lowest BCUT2D eigenvalue weighted by Crippen LogP contribution is -2.39. The minimum Gasteiger partial charge on any atom is -0.291 e. The van der Waals surface area contributed by atoms with Crippen molar-refractivity contribution in [3.05, 3.63) is 12.2 Å². The van der Waals surface area contributed by atoms with Gasteiger partial charge in [-0.1, -0.05) is 32.4 Å². The maximum atomic E-state index is 2.56. The Labute approximate surface area is 76.5 Å². The third kappa shape index (κ3) is 1.89. The van der Waals surface area contributed by atoms with E-state index in [0.29, 0.717) is 12.1 Å². The number of rotatable bonds is 3. The van der Waals surface area contributed by atoms with Gasteiger partial charge < -0.3 is 0 Å². The molecule has 0 fully saturated rings. The van der Waals surface area contributed by atoms with Gasteiger partial charge in [0, 0.05) is 18.6 Å². The van der Waals surface area contributed by atoms with E-state index >= 15 is 0 Å². The summed E-state index contributed by atoms with van der Waals surface area (Å²) in [7, 11) is 0. The predicted octanol–water partition coefficient (Wildman–Crippen LogP) is 2.68. The van der Waals surface area contributed by atoms with E-state index in [9.17, 15) is 0 Å². The van der Waals surface area contributed by atoms with Crippen LogP contribution in [0, 0.1) is 5.92 Å². The normalized spacial score (nSPS) is 26.9. The third-order valence-electron chi connectivity index (χ3n) is 2.92. The lowest BCUT2D eigenvalue weighted by Gasteiger charge is -2.31. The molecule has 70 valence electrons. The Kier molecular flexibility index (Phi) is 3.33. The lowest BCUT2D eigenvalue weighted by atomic mass is 9.98. The molecule has 0 amide bonds. The molecule has 1 heteroatoms. The molecule has 0 bridgehead atoms. The number of hydrogen-bond acceptors (Lipinski definition) is 1. The summed E-state index contributed by atoms with van der Waals surface area (Å²) in [6.07, 6.45) is 5.95. The molecule has 1 aliphatic heterocycles. The zero-order valence-electron chi connectivity index (χ0n) is 8.75. The monoisotopic (exact) mass is 167 g/mol. The Morgan fingerprint density at radius 2 is 2.08 bits per heavy atom. The smallest absolute Gasteiger partial charge is 0.0310 e. The van der Waals surface area contributed by atoms with Gasteiger partial charge in [0.05, 0.1) is 0 Å². The van der Waals surface area contributed by atoms with E-state index in [1.807, 2.05) is 0 Å². The lowest BCUT2D eigenvalue weighted by molar-refractivity contribution is 0.173. The molecule has 0 aromatic rings. The molecule has 0 aliphatic carbocycles. The quantitative estimate of drug-likeness (QED) is 0.584. The average molecular weight is 167 g/mol. The Morgan fingerprint density at radius 1 is 1.42 bits per heavy atom. The molecule has 0 saturated heterocycles. The van der Waals surface area contributed by atoms with E-state index in [1.54, 1.807) is 0 Å². The summed E-state index contributed by atoms with van der Waals surface area (Å²) in [5, 5.41) is 0. The first kappa shape index (κ1) is 9.79. The maximum Gasteiger partial charge on any atom is 0.0310 e. The molecule has 0 N–H and O–H groups in total. The molecule has 1 rings (SSSR count). The van der Waals surface area contributed by atoms with E-state index < -0.39 is 0 Å². The molecule has 1 unspecified atom stereocenters. The van der Waals surface area contributed by atoms with E-state index in [-0.39, 0.29) is 0 Å². The SMILES string of the molecule is CCC(C)[C@@H]1C=CCN1C(C)C. The fourth-order valence-corrected chi connectivity index (χ4v) is 1.87. The van der Waals surface area contributed by atoms with Gasteiger partial charge in [0.1, 0.15) is 0 Å². The van der Waals surface area contributed by atoms with E-state index in [1.165, 1.54) is 6.42 Å². The predicted molar refractivity (Wildman–Crippen MR) is 54.2 cm³/mol. The first-order chi connectivity index (χ1) is 5.66. The molecule has 0 aromatic carbocycles. The van der Waals surface area contributed by atoms with Crippen LogP contribution in [0.4, 0.5) is 0 Å². The van der Waals surface area contributed by atoms with Crippen LogP contribution in [0.2, 0.25) is 0 Å². The van der Waals surface area contributed by atoms with Crippen LogP contribution in [0.5, 0.6) is 0 Å². The van der Waals surface area contributed by atoms with Crippen molar-refractivity contribution in [1.29, 1.82) is 0 Å².